The molecule has 2 rings (SSSR count). The fraction of sp³-hybridized carbons (Fsp3) is 0.667. The molecular formula is C9H13BrN2O. The van der Waals surface area contributed by atoms with Crippen molar-refractivity contribution in [1.29, 1.82) is 0 Å². The van der Waals surface area contributed by atoms with Gasteiger partial charge in [-0.2, -0.15) is 5.10 Å². The molecule has 1 aromatic heterocycles. The zero-order chi connectivity index (χ0) is 9.42. The summed E-state index contributed by atoms with van der Waals surface area (Å²) in [4.78, 5) is 0. The maximum atomic E-state index is 5.57. The lowest BCUT2D eigenvalue weighted by Crippen LogP contribution is -2.10. The monoisotopic (exact) mass is 244 g/mol. The first kappa shape index (κ1) is 9.21. The minimum Gasteiger partial charge on any atom is -0.357 e. The van der Waals surface area contributed by atoms with Crippen LogP contribution in [0.5, 0.6) is 0 Å². The van der Waals surface area contributed by atoms with Crippen molar-refractivity contribution in [2.45, 2.75) is 32.9 Å². The Morgan fingerprint density at radius 1 is 1.54 bits per heavy atom. The van der Waals surface area contributed by atoms with Crippen LogP contribution in [0.4, 0.5) is 0 Å². The molecular weight excluding hydrogens is 232 g/mol. The van der Waals surface area contributed by atoms with Crippen LogP contribution in [0, 0.1) is 13.8 Å². The van der Waals surface area contributed by atoms with Crippen molar-refractivity contribution in [3.8, 4) is 0 Å². The molecule has 0 aromatic carbocycles. The Morgan fingerprint density at radius 2 is 2.31 bits per heavy atom. The topological polar surface area (TPSA) is 27.1 Å². The lowest BCUT2D eigenvalue weighted by Gasteiger charge is -2.11. The van der Waals surface area contributed by atoms with Gasteiger partial charge in [0.2, 0.25) is 0 Å². The molecule has 4 heteroatoms. The van der Waals surface area contributed by atoms with E-state index in [0.29, 0.717) is 0 Å². The lowest BCUT2D eigenvalue weighted by molar-refractivity contribution is 0.0449. The van der Waals surface area contributed by atoms with E-state index in [1.807, 2.05) is 11.6 Å². The first-order valence-electron chi connectivity index (χ1n) is 4.53. The minimum absolute atomic E-state index is 0.157. The zero-order valence-corrected chi connectivity index (χ0v) is 9.47. The van der Waals surface area contributed by atoms with Gasteiger partial charge in [0.25, 0.3) is 0 Å². The molecule has 1 aromatic rings. The molecule has 0 saturated carbocycles. The Labute approximate surface area is 86.2 Å². The van der Waals surface area contributed by atoms with Crippen molar-refractivity contribution in [2.24, 2.45) is 0 Å². The molecule has 72 valence electrons. The average molecular weight is 245 g/mol. The fourth-order valence-electron chi connectivity index (χ4n) is 1.68. The van der Waals surface area contributed by atoms with Gasteiger partial charge in [0.15, 0.2) is 6.23 Å². The van der Waals surface area contributed by atoms with Gasteiger partial charge in [0.05, 0.1) is 15.9 Å². The van der Waals surface area contributed by atoms with Crippen LogP contribution in [0.3, 0.4) is 0 Å². The molecule has 0 bridgehead atoms. The average Bonchev–Trinajstić information content (AvgIpc) is 2.70. The Bertz CT molecular complexity index is 316. The quantitative estimate of drug-likeness (QED) is 0.760. The third kappa shape index (κ3) is 1.53. The second-order valence-electron chi connectivity index (χ2n) is 3.40. The van der Waals surface area contributed by atoms with E-state index in [-0.39, 0.29) is 6.23 Å². The molecule has 1 atom stereocenters. The van der Waals surface area contributed by atoms with Gasteiger partial charge in [-0.05, 0) is 42.6 Å². The van der Waals surface area contributed by atoms with E-state index in [4.69, 9.17) is 4.74 Å². The van der Waals surface area contributed by atoms with Gasteiger partial charge in [-0.3, -0.25) is 0 Å². The molecule has 1 aliphatic rings. The maximum Gasteiger partial charge on any atom is 0.150 e. The molecule has 0 N–H and O–H groups in total. The summed E-state index contributed by atoms with van der Waals surface area (Å²) >= 11 is 3.51. The number of halogens is 1. The maximum absolute atomic E-state index is 5.57. The smallest absolute Gasteiger partial charge is 0.150 e. The van der Waals surface area contributed by atoms with Crippen molar-refractivity contribution in [3.05, 3.63) is 15.9 Å². The molecule has 2 heterocycles. The number of hydrogen-bond acceptors (Lipinski definition) is 2. The van der Waals surface area contributed by atoms with Crippen LogP contribution in [-0.4, -0.2) is 16.4 Å². The largest absolute Gasteiger partial charge is 0.357 e. The lowest BCUT2D eigenvalue weighted by atomic mass is 10.3. The number of aromatic nitrogens is 2. The zero-order valence-electron chi connectivity index (χ0n) is 7.88. The van der Waals surface area contributed by atoms with Crippen LogP contribution in [0.2, 0.25) is 0 Å². The summed E-state index contributed by atoms with van der Waals surface area (Å²) < 4.78 is 8.65. The van der Waals surface area contributed by atoms with Crippen molar-refractivity contribution < 1.29 is 4.74 Å². The minimum atomic E-state index is 0.157. The predicted octanol–water partition coefficient (Wildman–Crippen LogP) is 2.57. The van der Waals surface area contributed by atoms with Crippen LogP contribution >= 0.6 is 15.9 Å². The normalized spacial score (nSPS) is 22.5. The standard InChI is InChI=1S/C9H13BrN2O/c1-6-9(10)7(2)12(11-6)8-4-3-5-13-8/h8H,3-5H2,1-2H3/t8-/m1/s1. The molecule has 1 saturated heterocycles. The number of rotatable bonds is 1. The molecule has 1 fully saturated rings. The van der Waals surface area contributed by atoms with Gasteiger partial charge >= 0.3 is 0 Å². The SMILES string of the molecule is Cc1nn([C@H]2CCCO2)c(C)c1Br. The van der Waals surface area contributed by atoms with E-state index in [1.54, 1.807) is 0 Å². The van der Waals surface area contributed by atoms with Crippen LogP contribution in [0.1, 0.15) is 30.5 Å². The second-order valence-corrected chi connectivity index (χ2v) is 4.19. The Morgan fingerprint density at radius 3 is 2.77 bits per heavy atom. The van der Waals surface area contributed by atoms with E-state index in [0.717, 1.165) is 35.3 Å². The molecule has 13 heavy (non-hydrogen) atoms. The summed E-state index contributed by atoms with van der Waals surface area (Å²) in [6.45, 7) is 4.93. The van der Waals surface area contributed by atoms with Gasteiger partial charge in [0.1, 0.15) is 0 Å². The third-order valence-electron chi connectivity index (χ3n) is 2.42. The first-order valence-corrected chi connectivity index (χ1v) is 5.32. The molecule has 0 aliphatic carbocycles. The van der Waals surface area contributed by atoms with Crippen LogP contribution in [0.25, 0.3) is 0 Å². The Hall–Kier alpha value is -0.350. The summed E-state index contributed by atoms with van der Waals surface area (Å²) in [7, 11) is 0. The van der Waals surface area contributed by atoms with Gasteiger partial charge < -0.3 is 4.74 Å². The highest BCUT2D eigenvalue weighted by Gasteiger charge is 2.21. The van der Waals surface area contributed by atoms with E-state index in [9.17, 15) is 0 Å². The van der Waals surface area contributed by atoms with E-state index < -0.39 is 0 Å². The molecule has 0 amide bonds. The summed E-state index contributed by atoms with van der Waals surface area (Å²) in [5.74, 6) is 0. The van der Waals surface area contributed by atoms with Gasteiger partial charge in [0, 0.05) is 6.61 Å². The fourth-order valence-corrected chi connectivity index (χ4v) is 1.94. The van der Waals surface area contributed by atoms with Crippen LogP contribution in [0.15, 0.2) is 4.47 Å². The molecule has 0 radical (unpaired) electrons. The van der Waals surface area contributed by atoms with E-state index in [1.165, 1.54) is 0 Å². The van der Waals surface area contributed by atoms with Crippen molar-refractivity contribution in [2.75, 3.05) is 6.61 Å². The van der Waals surface area contributed by atoms with E-state index in [2.05, 4.69) is 28.0 Å². The number of nitrogens with zero attached hydrogens (tertiary/aromatic N) is 2. The highest BCUT2D eigenvalue weighted by molar-refractivity contribution is 9.10. The van der Waals surface area contributed by atoms with E-state index >= 15 is 0 Å². The number of ether oxygens (including phenoxy) is 1. The van der Waals surface area contributed by atoms with Crippen molar-refractivity contribution in [3.63, 3.8) is 0 Å². The van der Waals surface area contributed by atoms with Crippen LogP contribution < -0.4 is 0 Å². The Kier molecular flexibility index (Phi) is 2.43. The number of hydrogen-bond donors (Lipinski definition) is 0. The van der Waals surface area contributed by atoms with Crippen molar-refractivity contribution >= 4 is 15.9 Å². The second kappa shape index (κ2) is 3.42. The summed E-state index contributed by atoms with van der Waals surface area (Å²) in [6.07, 6.45) is 2.37. The third-order valence-corrected chi connectivity index (χ3v) is 3.56. The summed E-state index contributed by atoms with van der Waals surface area (Å²) in [6, 6.07) is 0. The van der Waals surface area contributed by atoms with Gasteiger partial charge in [-0.15, -0.1) is 0 Å². The predicted molar refractivity (Wildman–Crippen MR) is 53.6 cm³/mol. The molecule has 0 spiro atoms. The molecule has 1 aliphatic heterocycles. The highest BCUT2D eigenvalue weighted by Crippen LogP contribution is 2.28. The summed E-state index contributed by atoms with van der Waals surface area (Å²) in [5.41, 5.74) is 2.19. The summed E-state index contributed by atoms with van der Waals surface area (Å²) in [5, 5.41) is 4.44. The molecule has 0 unspecified atom stereocenters. The Balaban J connectivity index is 2.34. The molecule has 3 nitrogen and oxygen atoms in total. The van der Waals surface area contributed by atoms with Gasteiger partial charge in [-0.25, -0.2) is 4.68 Å². The van der Waals surface area contributed by atoms with Crippen LogP contribution in [-0.2, 0) is 4.74 Å². The highest BCUT2D eigenvalue weighted by atomic mass is 79.9. The number of aryl methyl sites for hydroxylation is 1. The van der Waals surface area contributed by atoms with Gasteiger partial charge in [-0.1, -0.05) is 0 Å². The first-order chi connectivity index (χ1) is 6.20. The van der Waals surface area contributed by atoms with Crippen molar-refractivity contribution in [1.82, 2.24) is 9.78 Å².